The molecule has 1 aromatic carbocycles. The molecule has 1 aliphatic heterocycles. The second-order valence-corrected chi connectivity index (χ2v) is 6.03. The summed E-state index contributed by atoms with van der Waals surface area (Å²) in [6.07, 6.45) is 3.15. The Morgan fingerprint density at radius 1 is 1.50 bits per heavy atom. The van der Waals surface area contributed by atoms with Crippen LogP contribution in [0.25, 0.3) is 0 Å². The molecule has 0 amide bonds. The van der Waals surface area contributed by atoms with Crippen LogP contribution in [-0.2, 0) is 9.47 Å². The number of ether oxygens (including phenoxy) is 2. The molecule has 0 saturated carbocycles. The summed E-state index contributed by atoms with van der Waals surface area (Å²) in [6.45, 7) is 6.06. The van der Waals surface area contributed by atoms with Crippen LogP contribution in [-0.4, -0.2) is 34.3 Å². The average molecular weight is 345 g/mol. The minimum atomic E-state index is -0.826. The molecule has 1 aliphatic rings. The van der Waals surface area contributed by atoms with Gasteiger partial charge in [-0.3, -0.25) is 0 Å². The zero-order valence-electron chi connectivity index (χ0n) is 13.2. The van der Waals surface area contributed by atoms with E-state index in [9.17, 15) is 4.79 Å². The monoisotopic (exact) mass is 344 g/mol. The molecule has 0 bridgehead atoms. The molecule has 24 heavy (non-hydrogen) atoms. The zero-order chi connectivity index (χ0) is 17.2. The summed E-state index contributed by atoms with van der Waals surface area (Å²) in [5.41, 5.74) is 3.08. The molecule has 1 atom stereocenters. The summed E-state index contributed by atoms with van der Waals surface area (Å²) in [4.78, 5) is 16.7. The van der Waals surface area contributed by atoms with Gasteiger partial charge in [0.05, 0.1) is 25.6 Å². The van der Waals surface area contributed by atoms with Gasteiger partial charge < -0.3 is 14.0 Å². The summed E-state index contributed by atoms with van der Waals surface area (Å²) >= 11 is 6.14. The first-order chi connectivity index (χ1) is 11.6. The highest BCUT2D eigenvalue weighted by atomic mass is 35.5. The first-order valence-electron chi connectivity index (χ1n) is 7.52. The maximum Gasteiger partial charge on any atom is 0.359 e. The van der Waals surface area contributed by atoms with Gasteiger partial charge in [0.25, 0.3) is 0 Å². The van der Waals surface area contributed by atoms with Crippen LogP contribution >= 0.6 is 11.6 Å². The van der Waals surface area contributed by atoms with E-state index >= 15 is 0 Å². The van der Waals surface area contributed by atoms with E-state index in [0.717, 1.165) is 5.56 Å². The first-order valence-corrected chi connectivity index (χ1v) is 7.89. The molecule has 0 radical (unpaired) electrons. The van der Waals surface area contributed by atoms with Crippen molar-refractivity contribution in [2.45, 2.75) is 18.6 Å². The molecule has 0 spiro atoms. The van der Waals surface area contributed by atoms with E-state index in [-0.39, 0.29) is 30.1 Å². The van der Waals surface area contributed by atoms with Crippen molar-refractivity contribution in [3.8, 4) is 0 Å². The van der Waals surface area contributed by atoms with Crippen molar-refractivity contribution in [1.29, 1.82) is 0 Å². The fourth-order valence-corrected chi connectivity index (χ4v) is 2.83. The van der Waals surface area contributed by atoms with Crippen LogP contribution < -0.4 is 0 Å². The van der Waals surface area contributed by atoms with E-state index in [0.29, 0.717) is 0 Å². The van der Waals surface area contributed by atoms with Gasteiger partial charge in [-0.2, -0.15) is 0 Å². The molecule has 124 valence electrons. The number of benzene rings is 1. The quantitative estimate of drug-likeness (QED) is 0.616. The summed E-state index contributed by atoms with van der Waals surface area (Å²) < 4.78 is 12.5. The molecule has 2 aromatic rings. The van der Waals surface area contributed by atoms with Crippen LogP contribution in [0.15, 0.2) is 55.0 Å². The van der Waals surface area contributed by atoms with Crippen molar-refractivity contribution < 1.29 is 14.3 Å². The van der Waals surface area contributed by atoms with Gasteiger partial charge in [0.1, 0.15) is 0 Å². The van der Waals surface area contributed by atoms with Gasteiger partial charge >= 0.3 is 5.97 Å². The highest BCUT2D eigenvalue weighted by Gasteiger charge is 2.41. The first kappa shape index (κ1) is 16.5. The molecule has 1 aromatic heterocycles. The van der Waals surface area contributed by atoms with E-state index < -0.39 is 11.6 Å². The molecule has 3 rings (SSSR count). The Kier molecular flexibility index (Phi) is 4.58. The number of carbonyl (C=O) groups excluding carboxylic acids is 1. The molecule has 6 heteroatoms. The average Bonchev–Trinajstić information content (AvgIpc) is 2.94. The van der Waals surface area contributed by atoms with Gasteiger partial charge in [-0.05, 0) is 12.5 Å². The van der Waals surface area contributed by atoms with Crippen LogP contribution in [0.4, 0.5) is 0 Å². The number of rotatable bonds is 5. The minimum absolute atomic E-state index is 0.112. The van der Waals surface area contributed by atoms with E-state index in [4.69, 9.17) is 21.1 Å². The second kappa shape index (κ2) is 6.65. The Labute approximate surface area is 145 Å². The number of aromatic nitrogens is 2. The maximum absolute atomic E-state index is 12.7. The third kappa shape index (κ3) is 3.02. The van der Waals surface area contributed by atoms with Crippen molar-refractivity contribution in [3.05, 3.63) is 71.5 Å². The Bertz CT molecular complexity index is 790. The SMILES string of the molecule is C=C=CC1(OC(=O)c2c(Cl)ncn2[C@H](C)c2ccccc2)COC1. The van der Waals surface area contributed by atoms with E-state index in [2.05, 4.69) is 17.3 Å². The van der Waals surface area contributed by atoms with Gasteiger partial charge in [-0.25, -0.2) is 9.78 Å². The molecule has 0 aliphatic carbocycles. The number of carbonyl (C=O) groups is 1. The van der Waals surface area contributed by atoms with Gasteiger partial charge in [-0.1, -0.05) is 48.5 Å². The van der Waals surface area contributed by atoms with Crippen LogP contribution in [0.1, 0.15) is 29.0 Å². The maximum atomic E-state index is 12.7. The molecule has 1 saturated heterocycles. The molecule has 0 unspecified atom stereocenters. The lowest BCUT2D eigenvalue weighted by Gasteiger charge is -2.37. The topological polar surface area (TPSA) is 53.3 Å². The number of hydrogen-bond acceptors (Lipinski definition) is 4. The van der Waals surface area contributed by atoms with Gasteiger partial charge in [-0.15, -0.1) is 5.73 Å². The summed E-state index contributed by atoms with van der Waals surface area (Å²) in [5.74, 6) is -0.546. The predicted octanol–water partition coefficient (Wildman–Crippen LogP) is 3.41. The lowest BCUT2D eigenvalue weighted by Crippen LogP contribution is -2.51. The molecule has 0 N–H and O–H groups in total. The standard InChI is InChI=1S/C18H17ClN2O3/c1-3-9-18(10-23-11-18)24-17(22)15-16(19)20-12-21(15)13(2)14-7-5-4-6-8-14/h4-9,12-13H,1,10-11H2,2H3/t13-/m1/s1. The second-order valence-electron chi connectivity index (χ2n) is 5.67. The number of nitrogens with zero attached hydrogens (tertiary/aromatic N) is 2. The molecule has 5 nitrogen and oxygen atoms in total. The molecular formula is C18H17ClN2O3. The summed E-state index contributed by atoms with van der Waals surface area (Å²) in [7, 11) is 0. The van der Waals surface area contributed by atoms with Crippen molar-refractivity contribution in [2.24, 2.45) is 0 Å². The van der Waals surface area contributed by atoms with E-state index in [1.807, 2.05) is 37.3 Å². The Hall–Kier alpha value is -2.33. The van der Waals surface area contributed by atoms with E-state index in [1.54, 1.807) is 17.0 Å². The van der Waals surface area contributed by atoms with Gasteiger partial charge in [0.2, 0.25) is 0 Å². The highest BCUT2D eigenvalue weighted by molar-refractivity contribution is 6.32. The Morgan fingerprint density at radius 2 is 2.21 bits per heavy atom. The van der Waals surface area contributed by atoms with Gasteiger partial charge in [0, 0.05) is 6.08 Å². The minimum Gasteiger partial charge on any atom is -0.444 e. The fourth-order valence-electron chi connectivity index (χ4n) is 2.61. The number of imidazole rings is 1. The highest BCUT2D eigenvalue weighted by Crippen LogP contribution is 2.29. The number of hydrogen-bond donors (Lipinski definition) is 0. The summed E-state index contributed by atoms with van der Waals surface area (Å²) in [6, 6.07) is 9.67. The van der Waals surface area contributed by atoms with Crippen molar-refractivity contribution in [2.75, 3.05) is 13.2 Å². The van der Waals surface area contributed by atoms with E-state index in [1.165, 1.54) is 0 Å². The van der Waals surface area contributed by atoms with Crippen LogP contribution in [0, 0.1) is 0 Å². The normalized spacial score (nSPS) is 16.6. The van der Waals surface area contributed by atoms with Crippen molar-refractivity contribution in [3.63, 3.8) is 0 Å². The predicted molar refractivity (Wildman–Crippen MR) is 90.2 cm³/mol. The summed E-state index contributed by atoms with van der Waals surface area (Å²) in [5, 5.41) is 0.112. The third-order valence-corrected chi connectivity index (χ3v) is 4.27. The Morgan fingerprint density at radius 3 is 2.79 bits per heavy atom. The number of halogens is 1. The largest absolute Gasteiger partial charge is 0.444 e. The Balaban J connectivity index is 1.90. The van der Waals surface area contributed by atoms with Crippen LogP contribution in [0.3, 0.4) is 0 Å². The smallest absolute Gasteiger partial charge is 0.359 e. The molecular weight excluding hydrogens is 328 g/mol. The van der Waals surface area contributed by atoms with Crippen LogP contribution in [0.2, 0.25) is 5.15 Å². The fraction of sp³-hybridized carbons (Fsp3) is 0.278. The zero-order valence-corrected chi connectivity index (χ0v) is 14.0. The molecule has 2 heterocycles. The third-order valence-electron chi connectivity index (χ3n) is 4.00. The lowest BCUT2D eigenvalue weighted by atomic mass is 10.0. The van der Waals surface area contributed by atoms with Gasteiger partial charge in [0.15, 0.2) is 16.4 Å². The lowest BCUT2D eigenvalue weighted by molar-refractivity contribution is -0.152. The van der Waals surface area contributed by atoms with Crippen molar-refractivity contribution >= 4 is 17.6 Å². The number of esters is 1. The van der Waals surface area contributed by atoms with Crippen molar-refractivity contribution in [1.82, 2.24) is 9.55 Å². The molecule has 1 fully saturated rings. The van der Waals surface area contributed by atoms with Crippen LogP contribution in [0.5, 0.6) is 0 Å².